The minimum Gasteiger partial charge on any atom is -0.465 e. The Bertz CT molecular complexity index is 478. The molecule has 2 fully saturated rings. The molecule has 3 aliphatic rings. The average molecular weight is 290 g/mol. The summed E-state index contributed by atoms with van der Waals surface area (Å²) < 4.78 is 5.67. The highest BCUT2D eigenvalue weighted by Gasteiger charge is 2.71. The van der Waals surface area contributed by atoms with E-state index >= 15 is 0 Å². The highest BCUT2D eigenvalue weighted by molar-refractivity contribution is 5.71. The van der Waals surface area contributed by atoms with E-state index in [1.54, 1.807) is 0 Å². The minimum atomic E-state index is -0.0451. The highest BCUT2D eigenvalue weighted by Crippen LogP contribution is 2.76. The van der Waals surface area contributed by atoms with E-state index in [-0.39, 0.29) is 17.3 Å². The molecule has 0 aromatic carbocycles. The highest BCUT2D eigenvalue weighted by atomic mass is 16.5. The van der Waals surface area contributed by atoms with Crippen molar-refractivity contribution in [3.05, 3.63) is 11.6 Å². The predicted octanol–water partition coefficient (Wildman–Crippen LogP) is 4.59. The third kappa shape index (κ3) is 1.94. The molecule has 0 N–H and O–H groups in total. The molecule has 2 nitrogen and oxygen atoms in total. The van der Waals surface area contributed by atoms with Crippen molar-refractivity contribution in [2.45, 2.75) is 60.3 Å². The van der Waals surface area contributed by atoms with Crippen LogP contribution < -0.4 is 0 Å². The molecular weight excluding hydrogens is 260 g/mol. The maximum Gasteiger partial charge on any atom is 0.308 e. The molecule has 0 unspecified atom stereocenters. The molecule has 118 valence electrons. The van der Waals surface area contributed by atoms with E-state index in [1.807, 2.05) is 13.8 Å². The van der Waals surface area contributed by atoms with Crippen molar-refractivity contribution < 1.29 is 9.53 Å². The van der Waals surface area contributed by atoms with Gasteiger partial charge in [0.25, 0.3) is 0 Å². The Kier molecular flexibility index (Phi) is 3.50. The van der Waals surface area contributed by atoms with Gasteiger partial charge in [0, 0.05) is 5.41 Å². The topological polar surface area (TPSA) is 26.3 Å². The van der Waals surface area contributed by atoms with Crippen LogP contribution in [0.5, 0.6) is 0 Å². The lowest BCUT2D eigenvalue weighted by atomic mass is 9.36. The summed E-state index contributed by atoms with van der Waals surface area (Å²) in [5.74, 6) is 2.11. The number of carbonyl (C=O) groups excluding carboxylic acids is 1. The Morgan fingerprint density at radius 3 is 2.81 bits per heavy atom. The van der Waals surface area contributed by atoms with Crippen LogP contribution in [0.25, 0.3) is 0 Å². The Labute approximate surface area is 129 Å². The number of carbonyl (C=O) groups is 1. The van der Waals surface area contributed by atoms with Gasteiger partial charge < -0.3 is 4.74 Å². The van der Waals surface area contributed by atoms with E-state index in [1.165, 1.54) is 31.3 Å². The van der Waals surface area contributed by atoms with E-state index in [9.17, 15) is 4.79 Å². The lowest BCUT2D eigenvalue weighted by Gasteiger charge is -2.68. The predicted molar refractivity (Wildman–Crippen MR) is 84.7 cm³/mol. The molecule has 5 atom stereocenters. The van der Waals surface area contributed by atoms with Crippen molar-refractivity contribution in [3.63, 3.8) is 0 Å². The van der Waals surface area contributed by atoms with Gasteiger partial charge in [-0.3, -0.25) is 4.79 Å². The van der Waals surface area contributed by atoms with Crippen LogP contribution in [-0.2, 0) is 9.53 Å². The van der Waals surface area contributed by atoms with Gasteiger partial charge in [0.2, 0.25) is 0 Å². The molecule has 0 saturated heterocycles. The van der Waals surface area contributed by atoms with Gasteiger partial charge in [0.15, 0.2) is 0 Å². The van der Waals surface area contributed by atoms with Crippen molar-refractivity contribution in [1.82, 2.24) is 0 Å². The average Bonchev–Trinajstić information content (AvgIpc) is 2.73. The first-order valence-corrected chi connectivity index (χ1v) is 8.66. The van der Waals surface area contributed by atoms with Crippen LogP contribution in [0.1, 0.15) is 60.3 Å². The summed E-state index contributed by atoms with van der Waals surface area (Å²) in [5, 5.41) is 0. The summed E-state index contributed by atoms with van der Waals surface area (Å²) in [5.41, 5.74) is 2.21. The summed E-state index contributed by atoms with van der Waals surface area (Å²) in [6, 6.07) is 0. The van der Waals surface area contributed by atoms with Crippen molar-refractivity contribution >= 4 is 5.97 Å². The van der Waals surface area contributed by atoms with Gasteiger partial charge >= 0.3 is 5.97 Å². The third-order valence-corrected chi connectivity index (χ3v) is 6.94. The first-order valence-electron chi connectivity index (χ1n) is 8.66. The van der Waals surface area contributed by atoms with Gasteiger partial charge in [-0.1, -0.05) is 39.3 Å². The second-order valence-electron chi connectivity index (χ2n) is 8.40. The molecule has 0 radical (unpaired) electrons. The Hall–Kier alpha value is -0.790. The second-order valence-corrected chi connectivity index (χ2v) is 8.40. The zero-order chi connectivity index (χ0) is 15.4. The Morgan fingerprint density at radius 1 is 1.43 bits per heavy atom. The fraction of sp³-hybridized carbons (Fsp3) is 0.842. The number of esters is 1. The molecule has 21 heavy (non-hydrogen) atoms. The van der Waals surface area contributed by atoms with E-state index in [0.29, 0.717) is 17.9 Å². The van der Waals surface area contributed by atoms with Crippen molar-refractivity contribution in [2.75, 3.05) is 6.61 Å². The number of ether oxygens (including phenoxy) is 1. The van der Waals surface area contributed by atoms with Crippen molar-refractivity contribution in [1.29, 1.82) is 0 Å². The lowest BCUT2D eigenvalue weighted by molar-refractivity contribution is -0.207. The van der Waals surface area contributed by atoms with Crippen LogP contribution in [-0.4, -0.2) is 12.6 Å². The SMILES string of the molecule is CC1=C[C@@H]2[C@](C)(COC(=O)C(C)C)[C@H]3CC[C@H](C)[C@@]23CC1. The number of hydrogen-bond donors (Lipinski definition) is 0. The molecular formula is C19H30O2. The number of rotatable bonds is 3. The third-order valence-electron chi connectivity index (χ3n) is 6.94. The fourth-order valence-corrected chi connectivity index (χ4v) is 5.79. The number of allylic oxidation sites excluding steroid dienone is 2. The Morgan fingerprint density at radius 2 is 2.14 bits per heavy atom. The number of hydrogen-bond acceptors (Lipinski definition) is 2. The molecule has 0 aliphatic heterocycles. The van der Waals surface area contributed by atoms with Crippen LogP contribution in [0.3, 0.4) is 0 Å². The summed E-state index contributed by atoms with van der Waals surface area (Å²) in [7, 11) is 0. The molecule has 0 aromatic heterocycles. The first kappa shape index (κ1) is 15.1. The van der Waals surface area contributed by atoms with E-state index in [0.717, 1.165) is 11.8 Å². The van der Waals surface area contributed by atoms with E-state index in [4.69, 9.17) is 4.74 Å². The first-order chi connectivity index (χ1) is 9.82. The molecule has 2 saturated carbocycles. The van der Waals surface area contributed by atoms with Crippen molar-refractivity contribution in [3.8, 4) is 0 Å². The van der Waals surface area contributed by atoms with E-state index < -0.39 is 0 Å². The van der Waals surface area contributed by atoms with Crippen LogP contribution in [0.4, 0.5) is 0 Å². The minimum absolute atomic E-state index is 0.0235. The van der Waals surface area contributed by atoms with Gasteiger partial charge in [0.1, 0.15) is 0 Å². The Balaban J connectivity index is 1.83. The quantitative estimate of drug-likeness (QED) is 0.561. The summed E-state index contributed by atoms with van der Waals surface area (Å²) in [6.45, 7) is 11.5. The molecule has 0 heterocycles. The second kappa shape index (κ2) is 4.86. The van der Waals surface area contributed by atoms with Gasteiger partial charge in [-0.2, -0.15) is 0 Å². The molecule has 3 rings (SSSR count). The van der Waals surface area contributed by atoms with Gasteiger partial charge in [0.05, 0.1) is 12.5 Å². The molecule has 2 heteroatoms. The lowest BCUT2D eigenvalue weighted by Crippen LogP contribution is -2.65. The van der Waals surface area contributed by atoms with Crippen LogP contribution in [0.15, 0.2) is 11.6 Å². The monoisotopic (exact) mass is 290 g/mol. The normalized spacial score (nSPS) is 44.7. The zero-order valence-electron chi connectivity index (χ0n) is 14.2. The largest absolute Gasteiger partial charge is 0.465 e. The van der Waals surface area contributed by atoms with Crippen LogP contribution >= 0.6 is 0 Å². The molecule has 3 aliphatic carbocycles. The van der Waals surface area contributed by atoms with Crippen LogP contribution in [0.2, 0.25) is 0 Å². The summed E-state index contributed by atoms with van der Waals surface area (Å²) in [6.07, 6.45) is 7.80. The molecule has 0 amide bonds. The van der Waals surface area contributed by atoms with Gasteiger partial charge in [-0.05, 0) is 55.8 Å². The van der Waals surface area contributed by atoms with Crippen LogP contribution in [0, 0.1) is 34.5 Å². The summed E-state index contributed by atoms with van der Waals surface area (Å²) >= 11 is 0. The van der Waals surface area contributed by atoms with Crippen molar-refractivity contribution in [2.24, 2.45) is 34.5 Å². The van der Waals surface area contributed by atoms with Gasteiger partial charge in [-0.15, -0.1) is 0 Å². The molecule has 0 bridgehead atoms. The smallest absolute Gasteiger partial charge is 0.308 e. The maximum atomic E-state index is 11.9. The van der Waals surface area contributed by atoms with E-state index in [2.05, 4.69) is 26.8 Å². The standard InChI is InChI=1S/C19H30O2/c1-12(2)17(20)21-11-18(5)15-7-6-14(4)19(15)9-8-13(3)10-16(18)19/h10,12,14-16H,6-9,11H2,1-5H3/t14-,15+,16+,18+,19+/m0/s1. The van der Waals surface area contributed by atoms with Gasteiger partial charge in [-0.25, -0.2) is 0 Å². The maximum absolute atomic E-state index is 11.9. The molecule has 0 aromatic rings. The fourth-order valence-electron chi connectivity index (χ4n) is 5.79. The zero-order valence-corrected chi connectivity index (χ0v) is 14.2. The molecule has 1 spiro atoms. The summed E-state index contributed by atoms with van der Waals surface area (Å²) in [4.78, 5) is 11.9.